The Morgan fingerprint density at radius 2 is 1.64 bits per heavy atom. The van der Waals surface area contributed by atoms with Crippen LogP contribution in [0.3, 0.4) is 0 Å². The molecule has 0 bridgehead atoms. The molecule has 3 N–H and O–H groups in total. The molecule has 176 valence electrons. The van der Waals surface area contributed by atoms with Crippen LogP contribution >= 0.6 is 11.8 Å². The molecule has 0 radical (unpaired) electrons. The zero-order valence-electron chi connectivity index (χ0n) is 18.9. The molecule has 33 heavy (non-hydrogen) atoms. The van der Waals surface area contributed by atoms with E-state index in [4.69, 9.17) is 4.74 Å². The number of hydrogen-bond acceptors (Lipinski definition) is 5. The van der Waals surface area contributed by atoms with E-state index in [0.717, 1.165) is 22.3 Å². The SMILES string of the molecule is CCC(CC(=O)N[C@@H](CCSC)C(=O)O)NC(=O)OCC1c2ccccc2-c2ccccc21. The summed E-state index contributed by atoms with van der Waals surface area (Å²) in [5, 5.41) is 14.6. The standard InChI is InChI=1S/C25H30N2O5S/c1-3-16(14-23(28)27-22(24(29)30)12-13-33-2)26-25(31)32-15-21-19-10-6-4-8-17(19)18-9-5-7-11-20(18)21/h4-11,16,21-22H,3,12-15H2,1-2H3,(H,26,31)(H,27,28)(H,29,30)/t16?,22-/m0/s1. The molecule has 3 rings (SSSR count). The van der Waals surface area contributed by atoms with E-state index < -0.39 is 30.1 Å². The van der Waals surface area contributed by atoms with Gasteiger partial charge in [0.2, 0.25) is 5.91 Å². The molecule has 1 unspecified atom stereocenters. The summed E-state index contributed by atoms with van der Waals surface area (Å²) in [5.41, 5.74) is 4.56. The van der Waals surface area contributed by atoms with E-state index >= 15 is 0 Å². The van der Waals surface area contributed by atoms with Gasteiger partial charge < -0.3 is 20.5 Å². The van der Waals surface area contributed by atoms with Gasteiger partial charge in [0, 0.05) is 18.4 Å². The van der Waals surface area contributed by atoms with Crippen molar-refractivity contribution >= 4 is 29.7 Å². The van der Waals surface area contributed by atoms with E-state index in [0.29, 0.717) is 18.6 Å². The number of carbonyl (C=O) groups is 3. The molecule has 2 aromatic carbocycles. The second kappa shape index (κ2) is 11.7. The van der Waals surface area contributed by atoms with Crippen molar-refractivity contribution in [2.75, 3.05) is 18.6 Å². The first kappa shape index (κ1) is 24.6. The van der Waals surface area contributed by atoms with E-state index in [1.807, 2.05) is 37.4 Å². The van der Waals surface area contributed by atoms with Gasteiger partial charge in [-0.05, 0) is 47.1 Å². The molecule has 8 heteroatoms. The number of ether oxygens (including phenoxy) is 1. The largest absolute Gasteiger partial charge is 0.480 e. The smallest absolute Gasteiger partial charge is 0.407 e. The van der Waals surface area contributed by atoms with Crippen molar-refractivity contribution in [1.29, 1.82) is 0 Å². The minimum Gasteiger partial charge on any atom is -0.480 e. The number of carboxylic acids is 1. The predicted molar refractivity (Wildman–Crippen MR) is 129 cm³/mol. The molecule has 1 aliphatic carbocycles. The number of hydrogen-bond donors (Lipinski definition) is 3. The van der Waals surface area contributed by atoms with Crippen LogP contribution in [0.1, 0.15) is 43.2 Å². The van der Waals surface area contributed by atoms with Gasteiger partial charge in [-0.2, -0.15) is 11.8 Å². The van der Waals surface area contributed by atoms with Crippen molar-refractivity contribution in [3.8, 4) is 11.1 Å². The Balaban J connectivity index is 1.54. The van der Waals surface area contributed by atoms with Gasteiger partial charge in [0.25, 0.3) is 0 Å². The fourth-order valence-electron chi connectivity index (χ4n) is 4.07. The Hall–Kier alpha value is -3.00. The summed E-state index contributed by atoms with van der Waals surface area (Å²) in [4.78, 5) is 36.2. The molecule has 0 spiro atoms. The maximum Gasteiger partial charge on any atom is 0.407 e. The molecular weight excluding hydrogens is 440 g/mol. The van der Waals surface area contributed by atoms with Gasteiger partial charge in [-0.15, -0.1) is 0 Å². The van der Waals surface area contributed by atoms with Crippen LogP contribution in [0.25, 0.3) is 11.1 Å². The Morgan fingerprint density at radius 3 is 2.18 bits per heavy atom. The summed E-state index contributed by atoms with van der Waals surface area (Å²) in [6.07, 6.45) is 2.14. The van der Waals surface area contributed by atoms with Crippen LogP contribution in [0.2, 0.25) is 0 Å². The maximum absolute atomic E-state index is 12.5. The first-order valence-corrected chi connectivity index (χ1v) is 12.5. The number of thioether (sulfide) groups is 1. The first-order chi connectivity index (χ1) is 15.9. The number of carbonyl (C=O) groups excluding carboxylic acids is 2. The predicted octanol–water partition coefficient (Wildman–Crippen LogP) is 4.02. The fourth-order valence-corrected chi connectivity index (χ4v) is 4.55. The van der Waals surface area contributed by atoms with Gasteiger partial charge in [0.1, 0.15) is 12.6 Å². The summed E-state index contributed by atoms with van der Waals surface area (Å²) in [7, 11) is 0. The molecule has 2 aromatic rings. The van der Waals surface area contributed by atoms with E-state index in [-0.39, 0.29) is 18.9 Å². The summed E-state index contributed by atoms with van der Waals surface area (Å²) in [6, 6.07) is 14.8. The number of amides is 2. The van der Waals surface area contributed by atoms with Crippen LogP contribution in [0.15, 0.2) is 48.5 Å². The molecule has 2 atom stereocenters. The Kier molecular flexibility index (Phi) is 8.77. The van der Waals surface area contributed by atoms with Gasteiger partial charge in [0.15, 0.2) is 0 Å². The quantitative estimate of drug-likeness (QED) is 0.458. The summed E-state index contributed by atoms with van der Waals surface area (Å²) >= 11 is 1.52. The average molecular weight is 471 g/mol. The fraction of sp³-hybridized carbons (Fsp3) is 0.400. The highest BCUT2D eigenvalue weighted by atomic mass is 32.2. The van der Waals surface area contributed by atoms with Gasteiger partial charge in [-0.1, -0.05) is 55.5 Å². The zero-order valence-corrected chi connectivity index (χ0v) is 19.7. The van der Waals surface area contributed by atoms with Crippen LogP contribution in [0, 0.1) is 0 Å². The molecule has 7 nitrogen and oxygen atoms in total. The van der Waals surface area contributed by atoms with Crippen LogP contribution in [-0.4, -0.2) is 53.8 Å². The lowest BCUT2D eigenvalue weighted by molar-refractivity contribution is -0.141. The topological polar surface area (TPSA) is 105 Å². The van der Waals surface area contributed by atoms with Crippen LogP contribution in [-0.2, 0) is 14.3 Å². The van der Waals surface area contributed by atoms with Crippen LogP contribution in [0.5, 0.6) is 0 Å². The zero-order chi connectivity index (χ0) is 23.8. The lowest BCUT2D eigenvalue weighted by Gasteiger charge is -2.20. The number of alkyl carbamates (subject to hydrolysis) is 1. The number of fused-ring (bicyclic) bond motifs is 3. The molecule has 0 saturated heterocycles. The third kappa shape index (κ3) is 6.28. The molecule has 0 aromatic heterocycles. The van der Waals surface area contributed by atoms with E-state index in [2.05, 4.69) is 34.9 Å². The lowest BCUT2D eigenvalue weighted by Crippen LogP contribution is -2.45. The molecule has 0 fully saturated rings. The van der Waals surface area contributed by atoms with E-state index in [1.165, 1.54) is 11.8 Å². The minimum absolute atomic E-state index is 0.0102. The molecule has 0 heterocycles. The molecule has 1 aliphatic rings. The van der Waals surface area contributed by atoms with Gasteiger partial charge in [-0.3, -0.25) is 4.79 Å². The van der Waals surface area contributed by atoms with Crippen molar-refractivity contribution in [2.45, 2.75) is 44.2 Å². The van der Waals surface area contributed by atoms with Crippen molar-refractivity contribution in [3.05, 3.63) is 59.7 Å². The van der Waals surface area contributed by atoms with Crippen LogP contribution < -0.4 is 10.6 Å². The van der Waals surface area contributed by atoms with Crippen LogP contribution in [0.4, 0.5) is 4.79 Å². The lowest BCUT2D eigenvalue weighted by atomic mass is 9.98. The second-order valence-corrected chi connectivity index (χ2v) is 9.00. The first-order valence-electron chi connectivity index (χ1n) is 11.1. The van der Waals surface area contributed by atoms with Gasteiger partial charge in [0.05, 0.1) is 0 Å². The van der Waals surface area contributed by atoms with Crippen molar-refractivity contribution < 1.29 is 24.2 Å². The monoisotopic (exact) mass is 470 g/mol. The molecule has 0 aliphatic heterocycles. The number of aliphatic carboxylic acids is 1. The Labute approximate surface area is 198 Å². The van der Waals surface area contributed by atoms with Crippen molar-refractivity contribution in [3.63, 3.8) is 0 Å². The second-order valence-electron chi connectivity index (χ2n) is 8.02. The molecule has 2 amide bonds. The maximum atomic E-state index is 12.5. The third-order valence-electron chi connectivity index (χ3n) is 5.83. The van der Waals surface area contributed by atoms with Crippen molar-refractivity contribution in [1.82, 2.24) is 10.6 Å². The summed E-state index contributed by atoms with van der Waals surface area (Å²) in [5.74, 6) is -0.879. The van der Waals surface area contributed by atoms with Crippen molar-refractivity contribution in [2.24, 2.45) is 0 Å². The van der Waals surface area contributed by atoms with Gasteiger partial charge in [-0.25, -0.2) is 9.59 Å². The number of benzene rings is 2. The highest BCUT2D eigenvalue weighted by Crippen LogP contribution is 2.44. The van der Waals surface area contributed by atoms with Gasteiger partial charge >= 0.3 is 12.1 Å². The third-order valence-corrected chi connectivity index (χ3v) is 6.48. The average Bonchev–Trinajstić information content (AvgIpc) is 3.13. The number of carboxylic acid groups (broad SMARTS) is 1. The Bertz CT molecular complexity index is 951. The summed E-state index contributed by atoms with van der Waals surface area (Å²) in [6.45, 7) is 2.04. The summed E-state index contributed by atoms with van der Waals surface area (Å²) < 4.78 is 5.55. The minimum atomic E-state index is -1.06. The Morgan fingerprint density at radius 1 is 1.03 bits per heavy atom. The van der Waals surface area contributed by atoms with E-state index in [1.54, 1.807) is 0 Å². The van der Waals surface area contributed by atoms with E-state index in [9.17, 15) is 19.5 Å². The highest BCUT2D eigenvalue weighted by molar-refractivity contribution is 7.98. The normalized spacial score (nSPS) is 14.0. The number of rotatable bonds is 11. The highest BCUT2D eigenvalue weighted by Gasteiger charge is 2.29. The number of nitrogens with one attached hydrogen (secondary N) is 2. The molecular formula is C25H30N2O5S. The molecule has 0 saturated carbocycles.